The van der Waals surface area contributed by atoms with Crippen molar-refractivity contribution >= 4 is 0 Å². The molecule has 1 fully saturated rings. The molecule has 0 amide bonds. The lowest BCUT2D eigenvalue weighted by Crippen LogP contribution is -2.20. The summed E-state index contributed by atoms with van der Waals surface area (Å²) in [5.41, 5.74) is 0. The van der Waals surface area contributed by atoms with Crippen LogP contribution in [0.4, 0.5) is 0 Å². The number of nitrogens with zero attached hydrogens (tertiary/aromatic N) is 1. The van der Waals surface area contributed by atoms with Gasteiger partial charge < -0.3 is 4.74 Å². The van der Waals surface area contributed by atoms with Gasteiger partial charge in [0.2, 0.25) is 0 Å². The van der Waals surface area contributed by atoms with Gasteiger partial charge >= 0.3 is 0 Å². The van der Waals surface area contributed by atoms with Crippen molar-refractivity contribution in [1.29, 1.82) is 0 Å². The largest absolute Gasteiger partial charge is 0.383 e. The molecule has 0 unspecified atom stereocenters. The van der Waals surface area contributed by atoms with Crippen molar-refractivity contribution in [2.45, 2.75) is 12.8 Å². The summed E-state index contributed by atoms with van der Waals surface area (Å²) in [4.78, 5) is 2.20. The van der Waals surface area contributed by atoms with Crippen LogP contribution in [0.3, 0.4) is 0 Å². The van der Waals surface area contributed by atoms with Gasteiger partial charge in [0.1, 0.15) is 0 Å². The van der Waals surface area contributed by atoms with E-state index >= 15 is 0 Å². The SMILES string of the molecule is COCCN1[C]CCC1. The highest BCUT2D eigenvalue weighted by molar-refractivity contribution is 4.75. The summed E-state index contributed by atoms with van der Waals surface area (Å²) in [5.74, 6) is 0. The number of hydrogen-bond donors (Lipinski definition) is 0. The molecule has 0 saturated carbocycles. The van der Waals surface area contributed by atoms with Crippen molar-refractivity contribution < 1.29 is 4.74 Å². The van der Waals surface area contributed by atoms with Crippen molar-refractivity contribution in [3.8, 4) is 0 Å². The highest BCUT2D eigenvalue weighted by Crippen LogP contribution is 2.10. The third kappa shape index (κ3) is 2.33. The van der Waals surface area contributed by atoms with Gasteiger partial charge in [-0.05, 0) is 19.4 Å². The third-order valence-electron chi connectivity index (χ3n) is 1.51. The van der Waals surface area contributed by atoms with Crippen LogP contribution in [0.2, 0.25) is 0 Å². The summed E-state index contributed by atoms with van der Waals surface area (Å²) in [6.07, 6.45) is 2.40. The first-order valence-corrected chi connectivity index (χ1v) is 3.41. The lowest BCUT2D eigenvalue weighted by Gasteiger charge is -2.11. The molecular weight excluding hydrogens is 114 g/mol. The molecule has 52 valence electrons. The summed E-state index contributed by atoms with van der Waals surface area (Å²) in [5, 5.41) is 0. The van der Waals surface area contributed by atoms with E-state index in [4.69, 9.17) is 4.74 Å². The Hall–Kier alpha value is -0.0800. The molecule has 0 aromatic rings. The normalized spacial score (nSPS) is 21.0. The predicted molar refractivity (Wildman–Crippen MR) is 35.9 cm³/mol. The van der Waals surface area contributed by atoms with Gasteiger partial charge in [-0.25, -0.2) is 0 Å². The molecule has 1 heterocycles. The number of methoxy groups -OCH3 is 1. The lowest BCUT2D eigenvalue weighted by molar-refractivity contribution is 0.169. The van der Waals surface area contributed by atoms with Crippen LogP contribution in [0.5, 0.6) is 0 Å². The molecule has 1 aliphatic rings. The summed E-state index contributed by atoms with van der Waals surface area (Å²) in [6.45, 7) is 6.25. The van der Waals surface area contributed by atoms with Crippen molar-refractivity contribution in [3.63, 3.8) is 0 Å². The molecule has 0 bridgehead atoms. The van der Waals surface area contributed by atoms with Gasteiger partial charge in [-0.1, -0.05) is 0 Å². The van der Waals surface area contributed by atoms with Crippen LogP contribution in [0.1, 0.15) is 12.8 Å². The van der Waals surface area contributed by atoms with Crippen LogP contribution in [-0.2, 0) is 4.74 Å². The highest BCUT2D eigenvalue weighted by Gasteiger charge is 2.10. The zero-order valence-corrected chi connectivity index (χ0v) is 5.89. The molecule has 2 radical (unpaired) electrons. The van der Waals surface area contributed by atoms with Crippen LogP contribution in [0.15, 0.2) is 0 Å². The molecule has 0 N–H and O–H groups in total. The Bertz CT molecular complexity index is 69.3. The molecule has 1 rings (SSSR count). The summed E-state index contributed by atoms with van der Waals surface area (Å²) >= 11 is 0. The van der Waals surface area contributed by atoms with E-state index in [1.54, 1.807) is 7.11 Å². The average Bonchev–Trinajstić information content (AvgIpc) is 2.34. The fourth-order valence-electron chi connectivity index (χ4n) is 0.978. The Kier molecular flexibility index (Phi) is 3.01. The smallest absolute Gasteiger partial charge is 0.0616 e. The minimum absolute atomic E-state index is 0.826. The van der Waals surface area contributed by atoms with E-state index in [0.29, 0.717) is 0 Å². The van der Waals surface area contributed by atoms with Crippen molar-refractivity contribution in [2.75, 3.05) is 26.8 Å². The Morgan fingerprint density at radius 2 is 2.56 bits per heavy atom. The minimum atomic E-state index is 0.826. The molecule has 0 aliphatic carbocycles. The predicted octanol–water partition coefficient (Wildman–Crippen LogP) is 0.767. The zero-order valence-electron chi connectivity index (χ0n) is 5.89. The molecule has 0 aromatic heterocycles. The molecule has 1 aliphatic heterocycles. The third-order valence-corrected chi connectivity index (χ3v) is 1.51. The molecule has 2 heteroatoms. The second kappa shape index (κ2) is 3.85. The number of hydrogen-bond acceptors (Lipinski definition) is 2. The van der Waals surface area contributed by atoms with Gasteiger partial charge in [0, 0.05) is 13.7 Å². The summed E-state index contributed by atoms with van der Waals surface area (Å²) < 4.78 is 4.92. The maximum absolute atomic E-state index is 4.92. The maximum atomic E-state index is 4.92. The van der Waals surface area contributed by atoms with Crippen LogP contribution >= 0.6 is 0 Å². The van der Waals surface area contributed by atoms with Gasteiger partial charge in [-0.3, -0.25) is 4.90 Å². The summed E-state index contributed by atoms with van der Waals surface area (Å²) in [7, 11) is 1.73. The first-order chi connectivity index (χ1) is 4.43. The van der Waals surface area contributed by atoms with Crippen molar-refractivity contribution in [2.24, 2.45) is 0 Å². The van der Waals surface area contributed by atoms with Crippen molar-refractivity contribution in [3.05, 3.63) is 6.54 Å². The molecule has 0 atom stereocenters. The summed E-state index contributed by atoms with van der Waals surface area (Å²) in [6, 6.07) is 0. The van der Waals surface area contributed by atoms with Gasteiger partial charge in [0.05, 0.1) is 13.2 Å². The molecule has 0 aromatic carbocycles. The van der Waals surface area contributed by atoms with Gasteiger partial charge in [0.25, 0.3) is 0 Å². The van der Waals surface area contributed by atoms with Crippen LogP contribution < -0.4 is 0 Å². The fraction of sp³-hybridized carbons (Fsp3) is 0.857. The Morgan fingerprint density at radius 3 is 3.11 bits per heavy atom. The van der Waals surface area contributed by atoms with Crippen LogP contribution in [0, 0.1) is 6.54 Å². The van der Waals surface area contributed by atoms with E-state index in [2.05, 4.69) is 11.4 Å². The Labute approximate surface area is 56.8 Å². The molecule has 2 nitrogen and oxygen atoms in total. The van der Waals surface area contributed by atoms with E-state index in [0.717, 1.165) is 19.6 Å². The highest BCUT2D eigenvalue weighted by atomic mass is 16.5. The second-order valence-corrected chi connectivity index (χ2v) is 2.24. The first-order valence-electron chi connectivity index (χ1n) is 3.41. The van der Waals surface area contributed by atoms with E-state index in [9.17, 15) is 0 Å². The zero-order chi connectivity index (χ0) is 6.53. The first kappa shape index (κ1) is 7.03. The minimum Gasteiger partial charge on any atom is -0.383 e. The van der Waals surface area contributed by atoms with E-state index in [-0.39, 0.29) is 0 Å². The quantitative estimate of drug-likeness (QED) is 0.555. The molecule has 0 spiro atoms. The van der Waals surface area contributed by atoms with Crippen LogP contribution in [-0.4, -0.2) is 31.7 Å². The standard InChI is InChI=1S/C7H13NO/c1-9-7-6-8-4-2-3-5-8/h2-4,6-7H2,1H3. The Balaban J connectivity index is 1.98. The van der Waals surface area contributed by atoms with Gasteiger partial charge in [-0.2, -0.15) is 0 Å². The second-order valence-electron chi connectivity index (χ2n) is 2.24. The van der Waals surface area contributed by atoms with E-state index < -0.39 is 0 Å². The molecule has 9 heavy (non-hydrogen) atoms. The molecular formula is C7H13NO. The maximum Gasteiger partial charge on any atom is 0.0616 e. The van der Waals surface area contributed by atoms with E-state index in [1.807, 2.05) is 0 Å². The molecule has 1 saturated heterocycles. The Morgan fingerprint density at radius 1 is 1.67 bits per heavy atom. The number of likely N-dealkylation sites (tertiary alicyclic amines) is 1. The van der Waals surface area contributed by atoms with Crippen LogP contribution in [0.25, 0.3) is 0 Å². The van der Waals surface area contributed by atoms with Gasteiger partial charge in [0.15, 0.2) is 0 Å². The fourth-order valence-corrected chi connectivity index (χ4v) is 0.978. The van der Waals surface area contributed by atoms with Crippen molar-refractivity contribution in [1.82, 2.24) is 4.90 Å². The number of ether oxygens (including phenoxy) is 1. The van der Waals surface area contributed by atoms with Gasteiger partial charge in [-0.15, -0.1) is 0 Å². The van der Waals surface area contributed by atoms with E-state index in [1.165, 1.54) is 13.0 Å². The number of rotatable bonds is 3. The topological polar surface area (TPSA) is 12.5 Å². The average molecular weight is 127 g/mol. The monoisotopic (exact) mass is 127 g/mol. The lowest BCUT2D eigenvalue weighted by atomic mass is 10.4.